The minimum atomic E-state index is -5.45. The first kappa shape index (κ1) is 20.6. The molecule has 2 nitrogen and oxygen atoms in total. The van der Waals surface area contributed by atoms with Gasteiger partial charge in [0.25, 0.3) is 0 Å². The van der Waals surface area contributed by atoms with Crippen LogP contribution >= 0.6 is 22.9 Å². The fraction of sp³-hybridized carbons (Fsp3) is 0.308. The Balaban J connectivity index is 2.61. The van der Waals surface area contributed by atoms with Gasteiger partial charge in [-0.2, -0.15) is 39.5 Å². The monoisotopic (exact) mass is 428 g/mol. The molecule has 1 heterocycles. The standard InChI is InChI=1S/C13H6ClF9N2S/c14-10-25-4-6(26-10)3-24-9-7(12(18,19)20)1-5(11(15,16)17)2-8(9)13(21,22)23/h1-2,4,24H,3H2. The van der Waals surface area contributed by atoms with Gasteiger partial charge < -0.3 is 5.32 Å². The van der Waals surface area contributed by atoms with E-state index in [0.29, 0.717) is 0 Å². The van der Waals surface area contributed by atoms with E-state index in [9.17, 15) is 39.5 Å². The molecule has 2 aromatic rings. The smallest absolute Gasteiger partial charge is 0.379 e. The first-order valence-corrected chi connectivity index (χ1v) is 7.62. The molecule has 1 aromatic heterocycles. The van der Waals surface area contributed by atoms with E-state index in [4.69, 9.17) is 11.6 Å². The highest BCUT2D eigenvalue weighted by Crippen LogP contribution is 2.46. The summed E-state index contributed by atoms with van der Waals surface area (Å²) < 4.78 is 117. The van der Waals surface area contributed by atoms with Crippen LogP contribution in [0.15, 0.2) is 18.3 Å². The van der Waals surface area contributed by atoms with Gasteiger partial charge in [-0.15, -0.1) is 11.3 Å². The molecule has 26 heavy (non-hydrogen) atoms. The Hall–Kier alpha value is -1.69. The van der Waals surface area contributed by atoms with Crippen LogP contribution < -0.4 is 5.32 Å². The molecule has 0 unspecified atom stereocenters. The zero-order chi connectivity index (χ0) is 19.9. The molecule has 13 heteroatoms. The van der Waals surface area contributed by atoms with Crippen LogP contribution in [-0.4, -0.2) is 4.98 Å². The molecular formula is C13H6ClF9N2S. The fourth-order valence-corrected chi connectivity index (χ4v) is 2.90. The van der Waals surface area contributed by atoms with Crippen LogP contribution in [0.5, 0.6) is 0 Å². The Morgan fingerprint density at radius 3 is 1.73 bits per heavy atom. The van der Waals surface area contributed by atoms with Crippen molar-refractivity contribution in [2.45, 2.75) is 25.1 Å². The van der Waals surface area contributed by atoms with Gasteiger partial charge in [0.05, 0.1) is 28.9 Å². The highest BCUT2D eigenvalue weighted by atomic mass is 35.5. The number of aromatic nitrogens is 1. The largest absolute Gasteiger partial charge is 0.418 e. The Labute approximate surface area is 148 Å². The molecule has 1 aromatic carbocycles. The molecule has 1 N–H and O–H groups in total. The summed E-state index contributed by atoms with van der Waals surface area (Å²) in [6.07, 6.45) is -15.2. The third kappa shape index (κ3) is 4.72. The zero-order valence-corrected chi connectivity index (χ0v) is 13.6. The summed E-state index contributed by atoms with van der Waals surface area (Å²) in [6.45, 7) is -0.540. The van der Waals surface area contributed by atoms with E-state index in [2.05, 4.69) is 4.98 Å². The second-order valence-corrected chi connectivity index (χ2v) is 6.57. The Morgan fingerprint density at radius 2 is 1.38 bits per heavy atom. The third-order valence-electron chi connectivity index (χ3n) is 3.04. The van der Waals surface area contributed by atoms with E-state index < -0.39 is 47.5 Å². The van der Waals surface area contributed by atoms with E-state index in [1.165, 1.54) is 0 Å². The van der Waals surface area contributed by atoms with Gasteiger partial charge in [0.1, 0.15) is 0 Å². The lowest BCUT2D eigenvalue weighted by Gasteiger charge is -2.22. The van der Waals surface area contributed by atoms with Crippen molar-refractivity contribution < 1.29 is 39.5 Å². The average Bonchev–Trinajstić information content (AvgIpc) is 2.87. The Kier molecular flexibility index (Phi) is 5.39. The van der Waals surface area contributed by atoms with Crippen LogP contribution in [0.25, 0.3) is 0 Å². The average molecular weight is 429 g/mol. The number of anilines is 1. The van der Waals surface area contributed by atoms with Crippen molar-refractivity contribution in [3.63, 3.8) is 0 Å². The predicted octanol–water partition coefficient (Wildman–Crippen LogP) is 6.47. The van der Waals surface area contributed by atoms with Crippen molar-refractivity contribution in [2.24, 2.45) is 0 Å². The highest BCUT2D eigenvalue weighted by molar-refractivity contribution is 7.15. The molecule has 0 spiro atoms. The maximum absolute atomic E-state index is 13.1. The van der Waals surface area contributed by atoms with Gasteiger partial charge in [-0.1, -0.05) is 11.6 Å². The van der Waals surface area contributed by atoms with Crippen molar-refractivity contribution in [2.75, 3.05) is 5.32 Å². The van der Waals surface area contributed by atoms with Crippen LogP contribution in [-0.2, 0) is 25.1 Å². The van der Waals surface area contributed by atoms with Crippen LogP contribution in [0.3, 0.4) is 0 Å². The number of rotatable bonds is 3. The summed E-state index contributed by atoms with van der Waals surface area (Å²) in [4.78, 5) is 3.76. The fourth-order valence-electron chi connectivity index (χ4n) is 1.98. The topological polar surface area (TPSA) is 24.9 Å². The first-order chi connectivity index (χ1) is 11.7. The number of hydrogen-bond acceptors (Lipinski definition) is 3. The lowest BCUT2D eigenvalue weighted by molar-refractivity contribution is -0.147. The molecule has 0 atom stereocenters. The van der Waals surface area contributed by atoms with Gasteiger partial charge in [-0.25, -0.2) is 4.98 Å². The highest BCUT2D eigenvalue weighted by Gasteiger charge is 2.44. The lowest BCUT2D eigenvalue weighted by atomic mass is 10.0. The second-order valence-electron chi connectivity index (χ2n) is 4.87. The summed E-state index contributed by atoms with van der Waals surface area (Å²) in [5.41, 5.74) is -7.70. The summed E-state index contributed by atoms with van der Waals surface area (Å²) in [5.74, 6) is 0. The summed E-state index contributed by atoms with van der Waals surface area (Å²) in [5, 5.41) is 1.91. The number of benzene rings is 1. The second kappa shape index (κ2) is 6.80. The molecule has 0 fully saturated rings. The normalized spacial score (nSPS) is 13.2. The number of nitrogens with zero attached hydrogens (tertiary/aromatic N) is 1. The van der Waals surface area contributed by atoms with Gasteiger partial charge in [-0.05, 0) is 12.1 Å². The summed E-state index contributed by atoms with van der Waals surface area (Å²) in [7, 11) is 0. The SMILES string of the molecule is FC(F)(F)c1cc(C(F)(F)F)c(NCc2cnc(Cl)s2)c(C(F)(F)F)c1. The molecule has 0 aliphatic carbocycles. The molecule has 2 rings (SSSR count). The van der Waals surface area contributed by atoms with Crippen LogP contribution in [0.4, 0.5) is 45.2 Å². The predicted molar refractivity (Wildman–Crippen MR) is 75.9 cm³/mol. The Bertz CT molecular complexity index is 757. The van der Waals surface area contributed by atoms with Crippen LogP contribution in [0.2, 0.25) is 4.47 Å². The van der Waals surface area contributed by atoms with Crippen LogP contribution in [0.1, 0.15) is 21.6 Å². The van der Waals surface area contributed by atoms with Crippen molar-refractivity contribution in [1.29, 1.82) is 0 Å². The van der Waals surface area contributed by atoms with E-state index in [1.807, 2.05) is 5.32 Å². The van der Waals surface area contributed by atoms with Gasteiger partial charge in [0, 0.05) is 11.1 Å². The third-order valence-corrected chi connectivity index (χ3v) is 4.16. The number of alkyl halides is 9. The van der Waals surface area contributed by atoms with E-state index in [-0.39, 0.29) is 21.5 Å². The maximum atomic E-state index is 13.1. The molecule has 0 aliphatic heterocycles. The van der Waals surface area contributed by atoms with Crippen molar-refractivity contribution in [1.82, 2.24) is 4.98 Å². The van der Waals surface area contributed by atoms with E-state index in [1.54, 1.807) is 0 Å². The number of halogens is 10. The summed E-state index contributed by atoms with van der Waals surface area (Å²) in [6, 6.07) is -0.728. The van der Waals surface area contributed by atoms with E-state index in [0.717, 1.165) is 17.5 Å². The molecule has 0 amide bonds. The van der Waals surface area contributed by atoms with Crippen molar-refractivity contribution in [3.8, 4) is 0 Å². The molecule has 144 valence electrons. The molecule has 0 saturated carbocycles. The number of hydrogen-bond donors (Lipinski definition) is 1. The van der Waals surface area contributed by atoms with Gasteiger partial charge in [0.15, 0.2) is 4.47 Å². The van der Waals surface area contributed by atoms with Crippen LogP contribution in [0, 0.1) is 0 Å². The molecule has 0 saturated heterocycles. The maximum Gasteiger partial charge on any atom is 0.418 e. The van der Waals surface area contributed by atoms with Gasteiger partial charge in [-0.3, -0.25) is 0 Å². The van der Waals surface area contributed by atoms with Gasteiger partial charge in [0.2, 0.25) is 0 Å². The Morgan fingerprint density at radius 1 is 0.885 bits per heavy atom. The molecule has 0 aliphatic rings. The first-order valence-electron chi connectivity index (χ1n) is 6.43. The van der Waals surface area contributed by atoms with Crippen molar-refractivity contribution in [3.05, 3.63) is 44.4 Å². The quantitative estimate of drug-likeness (QED) is 0.567. The minimum Gasteiger partial charge on any atom is -0.379 e. The van der Waals surface area contributed by atoms with E-state index >= 15 is 0 Å². The van der Waals surface area contributed by atoms with Crippen molar-refractivity contribution >= 4 is 28.6 Å². The summed E-state index contributed by atoms with van der Waals surface area (Å²) >= 11 is 6.31. The number of nitrogens with one attached hydrogen (secondary N) is 1. The molecule has 0 radical (unpaired) electrons. The zero-order valence-electron chi connectivity index (χ0n) is 12.1. The minimum absolute atomic E-state index is 0.00121. The van der Waals surface area contributed by atoms with Gasteiger partial charge >= 0.3 is 18.5 Å². The molecular weight excluding hydrogens is 423 g/mol. The number of thiazole rings is 1. The molecule has 0 bridgehead atoms. The lowest BCUT2D eigenvalue weighted by Crippen LogP contribution is -2.20.